The molecule has 2 rings (SSSR count). The van der Waals surface area contributed by atoms with E-state index in [1.165, 1.54) is 37.3 Å². The maximum atomic E-state index is 12.5. The van der Waals surface area contributed by atoms with E-state index in [2.05, 4.69) is 5.32 Å². The summed E-state index contributed by atoms with van der Waals surface area (Å²) < 4.78 is 12.2. The Kier molecular flexibility index (Phi) is 8.26. The number of nitriles is 1. The van der Waals surface area contributed by atoms with Gasteiger partial charge >= 0.3 is 5.97 Å². The molecule has 0 aliphatic rings. The summed E-state index contributed by atoms with van der Waals surface area (Å²) in [6, 6.07) is 9.23. The molecule has 0 spiro atoms. The van der Waals surface area contributed by atoms with Crippen molar-refractivity contribution in [2.75, 3.05) is 19.0 Å². The summed E-state index contributed by atoms with van der Waals surface area (Å²) in [4.78, 5) is 35.3. The van der Waals surface area contributed by atoms with Crippen LogP contribution in [-0.2, 0) is 25.6 Å². The van der Waals surface area contributed by atoms with Crippen LogP contribution in [0, 0.1) is 35.3 Å². The molecule has 10 nitrogen and oxygen atoms in total. The van der Waals surface area contributed by atoms with Crippen LogP contribution in [0.1, 0.15) is 23.9 Å². The topological polar surface area (TPSA) is 136 Å². The molecule has 0 saturated heterocycles. The van der Waals surface area contributed by atoms with E-state index in [1.807, 2.05) is 24.5 Å². The van der Waals surface area contributed by atoms with Crippen molar-refractivity contribution in [2.24, 2.45) is 0 Å². The second-order valence-electron chi connectivity index (χ2n) is 6.95. The Morgan fingerprint density at radius 3 is 2.66 bits per heavy atom. The molecule has 1 N–H and O–H groups in total. The number of aryl methyl sites for hydroxylation is 1. The number of hydrogen-bond donors (Lipinski definition) is 1. The molecule has 168 valence electrons. The lowest BCUT2D eigenvalue weighted by molar-refractivity contribution is -0.383. The zero-order valence-electron chi connectivity index (χ0n) is 18.2. The predicted molar refractivity (Wildman–Crippen MR) is 117 cm³/mol. The molecule has 0 radical (unpaired) electrons. The van der Waals surface area contributed by atoms with Crippen LogP contribution in [0.5, 0.6) is 0 Å². The van der Waals surface area contributed by atoms with Crippen LogP contribution < -0.4 is 5.32 Å². The van der Waals surface area contributed by atoms with Crippen LogP contribution in [0.4, 0.5) is 11.4 Å². The summed E-state index contributed by atoms with van der Waals surface area (Å²) in [7, 11) is 1.60. The van der Waals surface area contributed by atoms with Crippen molar-refractivity contribution in [1.82, 2.24) is 4.57 Å². The Morgan fingerprint density at radius 2 is 2.03 bits per heavy atom. The third-order valence-electron chi connectivity index (χ3n) is 4.78. The maximum absolute atomic E-state index is 12.5. The van der Waals surface area contributed by atoms with E-state index in [0.29, 0.717) is 18.7 Å². The van der Waals surface area contributed by atoms with Crippen LogP contribution in [0.3, 0.4) is 0 Å². The number of para-hydroxylation sites is 2. The molecular weight excluding hydrogens is 416 g/mol. The molecule has 0 fully saturated rings. The van der Waals surface area contributed by atoms with Gasteiger partial charge in [0.2, 0.25) is 0 Å². The fourth-order valence-corrected chi connectivity index (χ4v) is 3.04. The second-order valence-corrected chi connectivity index (χ2v) is 6.95. The molecular formula is C22H24N4O6. The summed E-state index contributed by atoms with van der Waals surface area (Å²) in [5.41, 5.74) is 1.87. The van der Waals surface area contributed by atoms with Gasteiger partial charge in [-0.15, -0.1) is 0 Å². The molecule has 1 atom stereocenters. The average molecular weight is 440 g/mol. The predicted octanol–water partition coefficient (Wildman–Crippen LogP) is 3.14. The third-order valence-corrected chi connectivity index (χ3v) is 4.78. The maximum Gasteiger partial charge on any atom is 0.349 e. The van der Waals surface area contributed by atoms with Gasteiger partial charge in [-0.05, 0) is 44.5 Å². The normalized spacial score (nSPS) is 12.0. The van der Waals surface area contributed by atoms with Gasteiger partial charge in [-0.2, -0.15) is 5.26 Å². The van der Waals surface area contributed by atoms with Gasteiger partial charge in [0.15, 0.2) is 6.10 Å². The summed E-state index contributed by atoms with van der Waals surface area (Å²) in [6.45, 7) is 6.21. The zero-order valence-corrected chi connectivity index (χ0v) is 18.2. The summed E-state index contributed by atoms with van der Waals surface area (Å²) in [5, 5.41) is 22.9. The van der Waals surface area contributed by atoms with E-state index < -0.39 is 22.9 Å². The first-order valence-corrected chi connectivity index (χ1v) is 9.72. The standard InChI is InChI=1S/C22H24N4O6/c1-14-11-17(15(2)25(14)9-10-31-4)12-18(13-23)22(28)32-16(3)21(27)24-19-7-5-6-8-20(19)26(29)30/h5-8,11-12,16H,9-10H2,1-4H3,(H,24,27)/b18-12+. The SMILES string of the molecule is COCCn1c(C)cc(/C=C(\C#N)C(=O)OC(C)C(=O)Nc2ccccc2[N+](=O)[O-])c1C. The minimum absolute atomic E-state index is 0.0232. The number of anilines is 1. The molecule has 0 aliphatic carbocycles. The number of nitrogens with one attached hydrogen (secondary N) is 1. The molecule has 1 heterocycles. The molecule has 1 amide bonds. The number of aromatic nitrogens is 1. The lowest BCUT2D eigenvalue weighted by Crippen LogP contribution is -2.30. The fraction of sp³-hybridized carbons (Fsp3) is 0.318. The second kappa shape index (κ2) is 10.9. The Morgan fingerprint density at radius 1 is 1.34 bits per heavy atom. The molecule has 0 aliphatic heterocycles. The number of hydrogen-bond acceptors (Lipinski definition) is 7. The van der Waals surface area contributed by atoms with E-state index in [9.17, 15) is 25.0 Å². The van der Waals surface area contributed by atoms with E-state index in [4.69, 9.17) is 9.47 Å². The quantitative estimate of drug-likeness (QED) is 0.208. The molecule has 0 bridgehead atoms. The lowest BCUT2D eigenvalue weighted by atomic mass is 10.1. The largest absolute Gasteiger partial charge is 0.448 e. The molecule has 32 heavy (non-hydrogen) atoms. The van der Waals surface area contributed by atoms with Gasteiger partial charge in [0.1, 0.15) is 17.3 Å². The first kappa shape index (κ1) is 24.3. The van der Waals surface area contributed by atoms with Gasteiger partial charge < -0.3 is 19.4 Å². The van der Waals surface area contributed by atoms with Gasteiger partial charge in [-0.25, -0.2) is 4.79 Å². The van der Waals surface area contributed by atoms with Crippen molar-refractivity contribution in [1.29, 1.82) is 5.26 Å². The number of methoxy groups -OCH3 is 1. The van der Waals surface area contributed by atoms with Crippen molar-refractivity contribution in [3.63, 3.8) is 0 Å². The van der Waals surface area contributed by atoms with Crippen LogP contribution >= 0.6 is 0 Å². The fourth-order valence-electron chi connectivity index (χ4n) is 3.04. The average Bonchev–Trinajstić information content (AvgIpc) is 3.02. The number of rotatable bonds is 9. The van der Waals surface area contributed by atoms with E-state index in [1.54, 1.807) is 13.2 Å². The number of ether oxygens (including phenoxy) is 2. The number of carbonyl (C=O) groups excluding carboxylic acids is 2. The van der Waals surface area contributed by atoms with E-state index in [-0.39, 0.29) is 16.9 Å². The van der Waals surface area contributed by atoms with Gasteiger partial charge in [-0.1, -0.05) is 12.1 Å². The Labute approximate surface area is 185 Å². The van der Waals surface area contributed by atoms with E-state index in [0.717, 1.165) is 11.4 Å². The number of esters is 1. The molecule has 0 saturated carbocycles. The number of carbonyl (C=O) groups is 2. The number of nitro groups is 1. The van der Waals surface area contributed by atoms with Crippen molar-refractivity contribution < 1.29 is 24.0 Å². The molecule has 1 aromatic heterocycles. The van der Waals surface area contributed by atoms with Gasteiger partial charge in [0.05, 0.1) is 11.5 Å². The van der Waals surface area contributed by atoms with Gasteiger partial charge in [0.25, 0.3) is 11.6 Å². The lowest BCUT2D eigenvalue weighted by Gasteiger charge is -2.13. The summed E-state index contributed by atoms with van der Waals surface area (Å²) in [6.07, 6.45) is 0.119. The van der Waals surface area contributed by atoms with Crippen molar-refractivity contribution in [2.45, 2.75) is 33.4 Å². The highest BCUT2D eigenvalue weighted by Crippen LogP contribution is 2.23. The number of amides is 1. The van der Waals surface area contributed by atoms with E-state index >= 15 is 0 Å². The Hall–Kier alpha value is -3.97. The first-order valence-electron chi connectivity index (χ1n) is 9.72. The molecule has 10 heteroatoms. The smallest absolute Gasteiger partial charge is 0.349 e. The minimum atomic E-state index is -1.28. The zero-order chi connectivity index (χ0) is 23.8. The highest BCUT2D eigenvalue weighted by molar-refractivity contribution is 6.01. The third kappa shape index (κ3) is 5.80. The minimum Gasteiger partial charge on any atom is -0.448 e. The Balaban J connectivity index is 2.14. The highest BCUT2D eigenvalue weighted by Gasteiger charge is 2.23. The van der Waals surface area contributed by atoms with Crippen LogP contribution in [0.15, 0.2) is 35.9 Å². The van der Waals surface area contributed by atoms with Crippen molar-refractivity contribution in [3.8, 4) is 6.07 Å². The van der Waals surface area contributed by atoms with Crippen molar-refractivity contribution >= 4 is 29.3 Å². The Bertz CT molecular complexity index is 1100. The number of nitrogens with zero attached hydrogens (tertiary/aromatic N) is 3. The van der Waals surface area contributed by atoms with Crippen LogP contribution in [-0.4, -0.2) is 41.2 Å². The molecule has 2 aromatic rings. The molecule has 1 unspecified atom stereocenters. The van der Waals surface area contributed by atoms with Gasteiger partial charge in [-0.3, -0.25) is 14.9 Å². The molecule has 1 aromatic carbocycles. The highest BCUT2D eigenvalue weighted by atomic mass is 16.6. The monoisotopic (exact) mass is 440 g/mol. The first-order chi connectivity index (χ1) is 15.2. The summed E-state index contributed by atoms with van der Waals surface area (Å²) >= 11 is 0. The number of nitro benzene ring substituents is 1. The number of benzene rings is 1. The van der Waals surface area contributed by atoms with Gasteiger partial charge in [0, 0.05) is 31.1 Å². The summed E-state index contributed by atoms with van der Waals surface area (Å²) in [5.74, 6) is -1.73. The van der Waals surface area contributed by atoms with Crippen LogP contribution in [0.25, 0.3) is 6.08 Å². The van der Waals surface area contributed by atoms with Crippen molar-refractivity contribution in [3.05, 3.63) is 63.0 Å². The van der Waals surface area contributed by atoms with Crippen LogP contribution in [0.2, 0.25) is 0 Å².